The molecule has 3 aromatic rings. The molecule has 2 aromatic carbocycles. The third kappa shape index (κ3) is 3.56. The molecule has 0 bridgehead atoms. The molecule has 2 aliphatic rings. The Balaban J connectivity index is 1.43. The lowest BCUT2D eigenvalue weighted by Crippen LogP contribution is -2.53. The van der Waals surface area contributed by atoms with Crippen molar-refractivity contribution >= 4 is 28.8 Å². The number of rotatable bonds is 3. The molecule has 7 heteroatoms. The van der Waals surface area contributed by atoms with Crippen LogP contribution < -0.4 is 4.90 Å². The number of thiophene rings is 1. The SMILES string of the molecule is CN1C(=O)c2ccccc2[C@@H](C(=O)N2CCN(c3ccc(F)cc3)CC2)[C@H]1c1cccs1. The molecule has 32 heavy (non-hydrogen) atoms. The number of anilines is 1. The van der Waals surface area contributed by atoms with Crippen LogP contribution in [0.15, 0.2) is 66.0 Å². The highest BCUT2D eigenvalue weighted by molar-refractivity contribution is 7.10. The van der Waals surface area contributed by atoms with Crippen LogP contribution in [0.2, 0.25) is 0 Å². The quantitative estimate of drug-likeness (QED) is 0.604. The van der Waals surface area contributed by atoms with Gasteiger partial charge >= 0.3 is 0 Å². The molecule has 2 atom stereocenters. The lowest BCUT2D eigenvalue weighted by atomic mass is 9.81. The van der Waals surface area contributed by atoms with E-state index in [1.165, 1.54) is 12.1 Å². The maximum absolute atomic E-state index is 13.9. The molecule has 1 fully saturated rings. The van der Waals surface area contributed by atoms with Gasteiger partial charge in [0, 0.05) is 49.4 Å². The monoisotopic (exact) mass is 449 g/mol. The summed E-state index contributed by atoms with van der Waals surface area (Å²) >= 11 is 1.57. The van der Waals surface area contributed by atoms with Crippen LogP contribution in [0.1, 0.15) is 32.8 Å². The van der Waals surface area contributed by atoms with E-state index in [-0.39, 0.29) is 23.7 Å². The fraction of sp³-hybridized carbons (Fsp3) is 0.280. The number of halogens is 1. The van der Waals surface area contributed by atoms with Crippen LogP contribution in [0.25, 0.3) is 0 Å². The number of hydrogen-bond donors (Lipinski definition) is 0. The van der Waals surface area contributed by atoms with Gasteiger partial charge < -0.3 is 14.7 Å². The van der Waals surface area contributed by atoms with E-state index < -0.39 is 5.92 Å². The van der Waals surface area contributed by atoms with Crippen molar-refractivity contribution < 1.29 is 14.0 Å². The van der Waals surface area contributed by atoms with Gasteiger partial charge in [-0.15, -0.1) is 11.3 Å². The first-order valence-electron chi connectivity index (χ1n) is 10.7. The van der Waals surface area contributed by atoms with Crippen LogP contribution in [0.4, 0.5) is 10.1 Å². The number of fused-ring (bicyclic) bond motifs is 1. The van der Waals surface area contributed by atoms with Crippen molar-refractivity contribution in [1.82, 2.24) is 9.80 Å². The highest BCUT2D eigenvalue weighted by Gasteiger charge is 2.44. The zero-order valence-corrected chi connectivity index (χ0v) is 18.6. The standard InChI is InChI=1S/C25H24FN3O2S/c1-27-23(21-7-4-16-32-21)22(19-5-2-3-6-20(19)24(27)30)25(31)29-14-12-28(13-15-29)18-10-8-17(26)9-11-18/h2-11,16,22-23H,12-15H2,1H3/t22-,23-/m1/s1. The Hall–Kier alpha value is -3.19. The average molecular weight is 450 g/mol. The van der Waals surface area contributed by atoms with Gasteiger partial charge in [-0.3, -0.25) is 9.59 Å². The van der Waals surface area contributed by atoms with E-state index in [9.17, 15) is 14.0 Å². The van der Waals surface area contributed by atoms with Crippen molar-refractivity contribution in [2.24, 2.45) is 0 Å². The summed E-state index contributed by atoms with van der Waals surface area (Å²) in [7, 11) is 1.79. The van der Waals surface area contributed by atoms with Crippen molar-refractivity contribution in [3.63, 3.8) is 0 Å². The minimum absolute atomic E-state index is 0.0500. The lowest BCUT2D eigenvalue weighted by molar-refractivity contribution is -0.134. The Morgan fingerprint density at radius 1 is 0.969 bits per heavy atom. The number of hydrogen-bond acceptors (Lipinski definition) is 4. The van der Waals surface area contributed by atoms with E-state index in [1.54, 1.807) is 35.4 Å². The van der Waals surface area contributed by atoms with Gasteiger partial charge in [0.15, 0.2) is 0 Å². The second kappa shape index (κ2) is 8.39. The Labute approximate surface area is 190 Å². The average Bonchev–Trinajstić information content (AvgIpc) is 3.36. The van der Waals surface area contributed by atoms with Gasteiger partial charge in [0.2, 0.25) is 5.91 Å². The molecule has 1 saturated heterocycles. The first kappa shape index (κ1) is 20.7. The van der Waals surface area contributed by atoms with Crippen molar-refractivity contribution in [3.8, 4) is 0 Å². The van der Waals surface area contributed by atoms with Gasteiger partial charge in [-0.05, 0) is 47.3 Å². The molecule has 3 heterocycles. The van der Waals surface area contributed by atoms with Crippen molar-refractivity contribution in [2.75, 3.05) is 38.1 Å². The summed E-state index contributed by atoms with van der Waals surface area (Å²) in [4.78, 5) is 33.8. The van der Waals surface area contributed by atoms with Crippen LogP contribution in [0.3, 0.4) is 0 Å². The molecule has 0 N–H and O–H groups in total. The fourth-order valence-corrected chi connectivity index (χ4v) is 5.69. The second-order valence-corrected chi connectivity index (χ2v) is 9.21. The van der Waals surface area contributed by atoms with E-state index in [0.29, 0.717) is 31.7 Å². The number of likely N-dealkylation sites (N-methyl/N-ethyl adjacent to an activating group) is 1. The zero-order valence-electron chi connectivity index (χ0n) is 17.8. The summed E-state index contributed by atoms with van der Waals surface area (Å²) in [5.74, 6) is -0.695. The molecular formula is C25H24FN3O2S. The smallest absolute Gasteiger partial charge is 0.254 e. The van der Waals surface area contributed by atoms with Crippen molar-refractivity contribution in [2.45, 2.75) is 12.0 Å². The molecule has 5 nitrogen and oxygen atoms in total. The summed E-state index contributed by atoms with van der Waals surface area (Å²) in [5.41, 5.74) is 2.37. The molecule has 0 unspecified atom stereocenters. The number of carbonyl (C=O) groups excluding carboxylic acids is 2. The third-order valence-electron chi connectivity index (χ3n) is 6.46. The number of amides is 2. The van der Waals surface area contributed by atoms with Crippen molar-refractivity contribution in [1.29, 1.82) is 0 Å². The molecule has 0 spiro atoms. The predicted molar refractivity (Wildman–Crippen MR) is 124 cm³/mol. The first-order chi connectivity index (χ1) is 15.5. The van der Waals surface area contributed by atoms with E-state index in [2.05, 4.69) is 4.90 Å². The molecule has 0 aliphatic carbocycles. The Kier molecular flexibility index (Phi) is 5.43. The molecule has 0 radical (unpaired) electrons. The molecule has 2 aliphatic heterocycles. The summed E-state index contributed by atoms with van der Waals surface area (Å²) in [6.07, 6.45) is 0. The number of piperazine rings is 1. The number of benzene rings is 2. The molecular weight excluding hydrogens is 425 g/mol. The van der Waals surface area contributed by atoms with E-state index in [1.807, 2.05) is 46.7 Å². The van der Waals surface area contributed by atoms with Gasteiger partial charge in [0.1, 0.15) is 5.82 Å². The van der Waals surface area contributed by atoms with Crippen LogP contribution >= 0.6 is 11.3 Å². The molecule has 0 saturated carbocycles. The summed E-state index contributed by atoms with van der Waals surface area (Å²) < 4.78 is 13.3. The molecule has 5 rings (SSSR count). The predicted octanol–water partition coefficient (Wildman–Crippen LogP) is 4.15. The summed E-state index contributed by atoms with van der Waals surface area (Å²) in [6.45, 7) is 2.54. The number of carbonyl (C=O) groups is 2. The summed E-state index contributed by atoms with van der Waals surface area (Å²) in [6, 6.07) is 17.6. The van der Waals surface area contributed by atoms with Gasteiger partial charge in [-0.1, -0.05) is 24.3 Å². The Bertz CT molecular complexity index is 1120. The van der Waals surface area contributed by atoms with Gasteiger partial charge in [0.05, 0.1) is 12.0 Å². The highest BCUT2D eigenvalue weighted by Crippen LogP contribution is 2.44. The van der Waals surface area contributed by atoms with Crippen LogP contribution in [-0.4, -0.2) is 54.8 Å². The molecule has 1 aromatic heterocycles. The van der Waals surface area contributed by atoms with E-state index >= 15 is 0 Å². The Morgan fingerprint density at radius 3 is 2.38 bits per heavy atom. The lowest BCUT2D eigenvalue weighted by Gasteiger charge is -2.43. The van der Waals surface area contributed by atoms with E-state index in [4.69, 9.17) is 0 Å². The fourth-order valence-electron chi connectivity index (χ4n) is 4.79. The largest absolute Gasteiger partial charge is 0.368 e. The van der Waals surface area contributed by atoms with Gasteiger partial charge in [-0.25, -0.2) is 4.39 Å². The molecule has 2 amide bonds. The number of nitrogens with zero attached hydrogens (tertiary/aromatic N) is 3. The summed E-state index contributed by atoms with van der Waals surface area (Å²) in [5, 5.41) is 1.98. The van der Waals surface area contributed by atoms with Crippen LogP contribution in [0.5, 0.6) is 0 Å². The minimum Gasteiger partial charge on any atom is -0.368 e. The van der Waals surface area contributed by atoms with Gasteiger partial charge in [0.25, 0.3) is 5.91 Å². The molecule has 164 valence electrons. The maximum Gasteiger partial charge on any atom is 0.254 e. The first-order valence-corrected chi connectivity index (χ1v) is 11.6. The normalized spacial score (nSPS) is 20.9. The topological polar surface area (TPSA) is 43.9 Å². The van der Waals surface area contributed by atoms with Crippen LogP contribution in [0, 0.1) is 5.82 Å². The zero-order chi connectivity index (χ0) is 22.2. The van der Waals surface area contributed by atoms with E-state index in [0.717, 1.165) is 16.1 Å². The van der Waals surface area contributed by atoms with Gasteiger partial charge in [-0.2, -0.15) is 0 Å². The third-order valence-corrected chi connectivity index (χ3v) is 7.41. The Morgan fingerprint density at radius 2 is 1.69 bits per heavy atom. The van der Waals surface area contributed by atoms with Crippen LogP contribution in [-0.2, 0) is 4.79 Å². The second-order valence-electron chi connectivity index (χ2n) is 8.23. The maximum atomic E-state index is 13.9. The van der Waals surface area contributed by atoms with Crippen molar-refractivity contribution in [3.05, 3.63) is 87.9 Å². The minimum atomic E-state index is -0.440. The highest BCUT2D eigenvalue weighted by atomic mass is 32.1.